The highest BCUT2D eigenvalue weighted by atomic mass is 79.9. The lowest BCUT2D eigenvalue weighted by molar-refractivity contribution is -0.157. The van der Waals surface area contributed by atoms with Crippen LogP contribution in [0.4, 0.5) is 4.79 Å². The molecule has 7 nitrogen and oxygen atoms in total. The number of fused-ring (bicyclic) bond motifs is 2. The summed E-state index contributed by atoms with van der Waals surface area (Å²) < 4.78 is 12.1. The normalized spacial score (nSPS) is 25.2. The predicted molar refractivity (Wildman–Crippen MR) is 107 cm³/mol. The number of ether oxygens (including phenoxy) is 2. The first kappa shape index (κ1) is 19.8. The number of pyridine rings is 1. The second-order valence-corrected chi connectivity index (χ2v) is 8.15. The molecule has 152 valence electrons. The number of amides is 1. The van der Waals surface area contributed by atoms with Crippen LogP contribution in [0.1, 0.15) is 24.0 Å². The fourth-order valence-corrected chi connectivity index (χ4v) is 5.05. The Morgan fingerprint density at radius 1 is 1.24 bits per heavy atom. The predicted octanol–water partition coefficient (Wildman–Crippen LogP) is 3.57. The molecule has 1 saturated heterocycles. The molecule has 2 bridgehead atoms. The summed E-state index contributed by atoms with van der Waals surface area (Å²) >= 11 is 3.47. The van der Waals surface area contributed by atoms with Crippen LogP contribution in [0.15, 0.2) is 53.3 Å². The summed E-state index contributed by atoms with van der Waals surface area (Å²) in [5.41, 5.74) is 0.974. The molecule has 1 aliphatic heterocycles. The van der Waals surface area contributed by atoms with Crippen LogP contribution in [0.5, 0.6) is 0 Å². The second-order valence-electron chi connectivity index (χ2n) is 7.40. The highest BCUT2D eigenvalue weighted by molar-refractivity contribution is 9.10. The third kappa shape index (κ3) is 3.86. The maximum absolute atomic E-state index is 12.6. The number of rotatable bonds is 6. The van der Waals surface area contributed by atoms with E-state index in [1.807, 2.05) is 42.5 Å². The molecular formula is C21H21BrN2O5. The van der Waals surface area contributed by atoms with Gasteiger partial charge in [0.15, 0.2) is 0 Å². The molecule has 1 N–H and O–H groups in total. The SMILES string of the molecule is O=C(O)COC1(c2cccnc2Br)CC2CC1CN2C(=O)OCc1ccccc1. The maximum atomic E-state index is 12.6. The maximum Gasteiger partial charge on any atom is 0.410 e. The molecule has 3 atom stereocenters. The topological polar surface area (TPSA) is 89.0 Å². The highest BCUT2D eigenvalue weighted by Crippen LogP contribution is 2.54. The molecule has 1 aliphatic carbocycles. The third-order valence-electron chi connectivity index (χ3n) is 5.72. The van der Waals surface area contributed by atoms with Crippen LogP contribution >= 0.6 is 15.9 Å². The van der Waals surface area contributed by atoms with E-state index in [-0.39, 0.29) is 24.7 Å². The number of carboxylic acid groups (broad SMARTS) is 1. The number of carbonyl (C=O) groups excluding carboxylic acids is 1. The van der Waals surface area contributed by atoms with E-state index in [1.54, 1.807) is 11.1 Å². The van der Waals surface area contributed by atoms with E-state index in [4.69, 9.17) is 14.6 Å². The van der Waals surface area contributed by atoms with Crippen LogP contribution in [0, 0.1) is 5.92 Å². The lowest BCUT2D eigenvalue weighted by atomic mass is 9.83. The lowest BCUT2D eigenvalue weighted by Gasteiger charge is -2.41. The van der Waals surface area contributed by atoms with Gasteiger partial charge in [-0.1, -0.05) is 36.4 Å². The van der Waals surface area contributed by atoms with E-state index in [2.05, 4.69) is 20.9 Å². The summed E-state index contributed by atoms with van der Waals surface area (Å²) in [6.45, 7) is 0.282. The van der Waals surface area contributed by atoms with E-state index in [1.165, 1.54) is 0 Å². The highest BCUT2D eigenvalue weighted by Gasteiger charge is 2.58. The summed E-state index contributed by atoms with van der Waals surface area (Å²) in [6, 6.07) is 13.2. The summed E-state index contributed by atoms with van der Waals surface area (Å²) in [4.78, 5) is 29.8. The van der Waals surface area contributed by atoms with Crippen molar-refractivity contribution in [1.82, 2.24) is 9.88 Å². The van der Waals surface area contributed by atoms with Gasteiger partial charge in [0.2, 0.25) is 0 Å². The van der Waals surface area contributed by atoms with E-state index in [0.717, 1.165) is 17.5 Å². The van der Waals surface area contributed by atoms with Crippen molar-refractivity contribution in [2.45, 2.75) is 31.1 Å². The van der Waals surface area contributed by atoms with Crippen LogP contribution in [0.3, 0.4) is 0 Å². The Balaban J connectivity index is 1.49. The minimum absolute atomic E-state index is 0.0309. The van der Waals surface area contributed by atoms with Gasteiger partial charge in [0.05, 0.1) is 0 Å². The Morgan fingerprint density at radius 3 is 2.69 bits per heavy atom. The zero-order valence-electron chi connectivity index (χ0n) is 15.7. The smallest absolute Gasteiger partial charge is 0.410 e. The first-order valence-electron chi connectivity index (χ1n) is 9.43. The van der Waals surface area contributed by atoms with Gasteiger partial charge in [-0.2, -0.15) is 0 Å². The Hall–Kier alpha value is -2.45. The van der Waals surface area contributed by atoms with Crippen LogP contribution in [-0.4, -0.2) is 46.2 Å². The summed E-state index contributed by atoms with van der Waals surface area (Å²) in [7, 11) is 0. The molecule has 1 aromatic heterocycles. The minimum Gasteiger partial charge on any atom is -0.480 e. The quantitative estimate of drug-likeness (QED) is 0.662. The number of piperidine rings is 1. The van der Waals surface area contributed by atoms with Crippen molar-refractivity contribution in [3.8, 4) is 0 Å². The van der Waals surface area contributed by atoms with E-state index in [0.29, 0.717) is 17.6 Å². The number of halogens is 1. The molecule has 2 aliphatic rings. The molecule has 4 rings (SSSR count). The van der Waals surface area contributed by atoms with Crippen molar-refractivity contribution < 1.29 is 24.2 Å². The number of carbonyl (C=O) groups is 2. The molecule has 2 aromatic rings. The van der Waals surface area contributed by atoms with Gasteiger partial charge in [-0.25, -0.2) is 14.6 Å². The number of likely N-dealkylation sites (tertiary alicyclic amines) is 1. The molecule has 0 radical (unpaired) electrons. The molecule has 2 heterocycles. The van der Waals surface area contributed by atoms with Crippen LogP contribution < -0.4 is 0 Å². The zero-order valence-corrected chi connectivity index (χ0v) is 17.2. The average molecular weight is 461 g/mol. The Labute approximate surface area is 176 Å². The number of benzene rings is 1. The standard InChI is InChI=1S/C21H21BrN2O5/c22-19-17(7-4-8-23-19)21(29-13-18(25)26)10-16-9-15(21)11-24(16)20(27)28-12-14-5-2-1-3-6-14/h1-8,15-16H,9-13H2,(H,25,26). The Kier molecular flexibility index (Phi) is 5.56. The monoisotopic (exact) mass is 460 g/mol. The molecule has 3 unspecified atom stereocenters. The minimum atomic E-state index is -1.02. The fraction of sp³-hybridized carbons (Fsp3) is 0.381. The van der Waals surface area contributed by atoms with Crippen molar-refractivity contribution in [3.05, 3.63) is 64.4 Å². The van der Waals surface area contributed by atoms with Gasteiger partial charge in [-0.05, 0) is 34.0 Å². The van der Waals surface area contributed by atoms with Gasteiger partial charge < -0.3 is 19.5 Å². The van der Waals surface area contributed by atoms with Crippen molar-refractivity contribution in [2.75, 3.05) is 13.2 Å². The lowest BCUT2D eigenvalue weighted by Crippen LogP contribution is -2.48. The summed E-state index contributed by atoms with van der Waals surface area (Å²) in [6.07, 6.45) is 2.56. The van der Waals surface area contributed by atoms with Crippen LogP contribution in [0.2, 0.25) is 0 Å². The second kappa shape index (κ2) is 8.12. The number of aliphatic carboxylic acids is 1. The van der Waals surface area contributed by atoms with Gasteiger partial charge in [-0.15, -0.1) is 0 Å². The molecule has 2 fully saturated rings. The first-order chi connectivity index (χ1) is 14.0. The Bertz CT molecular complexity index is 909. The zero-order chi connectivity index (χ0) is 20.4. The van der Waals surface area contributed by atoms with Gasteiger partial charge in [0.1, 0.15) is 23.4 Å². The summed E-state index contributed by atoms with van der Waals surface area (Å²) in [5.74, 6) is -1.05. The van der Waals surface area contributed by atoms with Gasteiger partial charge in [0, 0.05) is 36.7 Å². The number of aromatic nitrogens is 1. The molecular weight excluding hydrogens is 440 g/mol. The molecule has 8 heteroatoms. The summed E-state index contributed by atoms with van der Waals surface area (Å²) in [5, 5.41) is 9.16. The van der Waals surface area contributed by atoms with Crippen LogP contribution in [0.25, 0.3) is 0 Å². The van der Waals surface area contributed by atoms with E-state index >= 15 is 0 Å². The molecule has 1 saturated carbocycles. The number of hydrogen-bond donors (Lipinski definition) is 1. The third-order valence-corrected chi connectivity index (χ3v) is 6.35. The largest absolute Gasteiger partial charge is 0.480 e. The molecule has 0 spiro atoms. The number of carboxylic acids is 1. The van der Waals surface area contributed by atoms with Crippen molar-refractivity contribution >= 4 is 28.0 Å². The Morgan fingerprint density at radius 2 is 2.03 bits per heavy atom. The van der Waals surface area contributed by atoms with Gasteiger partial charge >= 0.3 is 12.1 Å². The molecule has 29 heavy (non-hydrogen) atoms. The van der Waals surface area contributed by atoms with Crippen LogP contribution in [-0.2, 0) is 26.5 Å². The van der Waals surface area contributed by atoms with Gasteiger partial charge in [0.25, 0.3) is 0 Å². The number of nitrogens with zero attached hydrogens (tertiary/aromatic N) is 2. The van der Waals surface area contributed by atoms with Crippen molar-refractivity contribution in [3.63, 3.8) is 0 Å². The average Bonchev–Trinajstić information content (AvgIpc) is 3.30. The number of hydrogen-bond acceptors (Lipinski definition) is 5. The molecule has 1 amide bonds. The van der Waals surface area contributed by atoms with Gasteiger partial charge in [-0.3, -0.25) is 0 Å². The van der Waals surface area contributed by atoms with E-state index < -0.39 is 18.2 Å². The fourth-order valence-electron chi connectivity index (χ4n) is 4.47. The first-order valence-corrected chi connectivity index (χ1v) is 10.2. The van der Waals surface area contributed by atoms with E-state index in [9.17, 15) is 9.59 Å². The van der Waals surface area contributed by atoms with Crippen molar-refractivity contribution in [1.29, 1.82) is 0 Å². The van der Waals surface area contributed by atoms with Crippen molar-refractivity contribution in [2.24, 2.45) is 5.92 Å². The molecule has 1 aromatic carbocycles.